The molecule has 0 aromatic heterocycles. The van der Waals surface area contributed by atoms with Crippen LogP contribution in [0.25, 0.3) is 0 Å². The molecule has 4 heteroatoms. The van der Waals surface area contributed by atoms with Crippen molar-refractivity contribution in [1.82, 2.24) is 5.32 Å². The van der Waals surface area contributed by atoms with Crippen molar-refractivity contribution in [1.29, 1.82) is 0 Å². The van der Waals surface area contributed by atoms with Crippen LogP contribution >= 0.6 is 0 Å². The second-order valence-corrected chi connectivity index (χ2v) is 6.47. The Balaban J connectivity index is 1.95. The van der Waals surface area contributed by atoms with Crippen molar-refractivity contribution in [2.45, 2.75) is 64.8 Å². The molecule has 1 aliphatic rings. The van der Waals surface area contributed by atoms with Crippen LogP contribution in [0.3, 0.4) is 0 Å². The molecule has 2 rings (SSSR count). The first-order valence-electron chi connectivity index (χ1n) is 8.16. The summed E-state index contributed by atoms with van der Waals surface area (Å²) in [4.78, 5) is 24.1. The normalized spacial score (nSPS) is 15.1. The minimum absolute atomic E-state index is 0.109. The predicted molar refractivity (Wildman–Crippen MR) is 88.9 cm³/mol. The van der Waals surface area contributed by atoms with Gasteiger partial charge in [0.15, 0.2) is 0 Å². The van der Waals surface area contributed by atoms with Gasteiger partial charge in [-0.3, -0.25) is 9.59 Å². The molecule has 2 amide bonds. The Bertz CT molecular complexity index is 546. The van der Waals surface area contributed by atoms with Crippen LogP contribution < -0.4 is 10.6 Å². The van der Waals surface area contributed by atoms with E-state index >= 15 is 0 Å². The number of carbonyl (C=O) groups is 2. The lowest BCUT2D eigenvalue weighted by Crippen LogP contribution is -2.35. The van der Waals surface area contributed by atoms with Crippen molar-refractivity contribution in [3.05, 3.63) is 29.3 Å². The van der Waals surface area contributed by atoms with E-state index in [1.807, 2.05) is 25.1 Å². The molecule has 2 N–H and O–H groups in total. The summed E-state index contributed by atoms with van der Waals surface area (Å²) in [5, 5.41) is 5.86. The first-order valence-corrected chi connectivity index (χ1v) is 8.16. The first kappa shape index (κ1) is 16.5. The number of hydrogen-bond donors (Lipinski definition) is 2. The number of benzene rings is 1. The van der Waals surface area contributed by atoms with E-state index in [9.17, 15) is 9.59 Å². The van der Waals surface area contributed by atoms with Gasteiger partial charge in [0.05, 0.1) is 0 Å². The molecule has 1 aromatic rings. The molecule has 120 valence electrons. The molecule has 22 heavy (non-hydrogen) atoms. The number of hydrogen-bond acceptors (Lipinski definition) is 2. The number of carbonyl (C=O) groups excluding carboxylic acids is 2. The first-order chi connectivity index (χ1) is 10.5. The zero-order valence-corrected chi connectivity index (χ0v) is 13.7. The standard InChI is InChI=1S/C18H26N2O2/c1-12(2)15-10-6-7-13(3)18(15)20-17(22)11-16(21)19-14-8-4-5-9-14/h6-7,10,12,14H,4-5,8-9,11H2,1-3H3,(H,19,21)(H,20,22). The molecular formula is C18H26N2O2. The van der Waals surface area contributed by atoms with Crippen molar-refractivity contribution in [2.24, 2.45) is 0 Å². The third-order valence-corrected chi connectivity index (χ3v) is 4.23. The zero-order valence-electron chi connectivity index (χ0n) is 13.7. The third kappa shape index (κ3) is 4.33. The topological polar surface area (TPSA) is 58.2 Å². The Morgan fingerprint density at radius 2 is 1.86 bits per heavy atom. The Morgan fingerprint density at radius 1 is 1.18 bits per heavy atom. The van der Waals surface area contributed by atoms with Gasteiger partial charge in [-0.1, -0.05) is 44.9 Å². The molecule has 0 heterocycles. The predicted octanol–water partition coefficient (Wildman–Crippen LogP) is 3.51. The Morgan fingerprint density at radius 3 is 2.50 bits per heavy atom. The van der Waals surface area contributed by atoms with Crippen molar-refractivity contribution in [3.63, 3.8) is 0 Å². The maximum absolute atomic E-state index is 12.2. The Hall–Kier alpha value is -1.84. The van der Waals surface area contributed by atoms with E-state index in [0.29, 0.717) is 5.92 Å². The molecule has 0 radical (unpaired) electrons. The number of nitrogens with one attached hydrogen (secondary N) is 2. The summed E-state index contributed by atoms with van der Waals surface area (Å²) < 4.78 is 0. The molecule has 0 spiro atoms. The highest BCUT2D eigenvalue weighted by Gasteiger charge is 2.19. The summed E-state index contributed by atoms with van der Waals surface area (Å²) in [6.07, 6.45) is 4.28. The molecule has 1 aromatic carbocycles. The highest BCUT2D eigenvalue weighted by molar-refractivity contribution is 6.04. The van der Waals surface area contributed by atoms with Crippen LogP contribution in [0.5, 0.6) is 0 Å². The van der Waals surface area contributed by atoms with Gasteiger partial charge in [0.25, 0.3) is 0 Å². The maximum atomic E-state index is 12.2. The SMILES string of the molecule is Cc1cccc(C(C)C)c1NC(=O)CC(=O)NC1CCCC1. The second-order valence-electron chi connectivity index (χ2n) is 6.47. The van der Waals surface area contributed by atoms with Gasteiger partial charge in [-0.05, 0) is 36.8 Å². The van der Waals surface area contributed by atoms with Gasteiger partial charge in [-0.2, -0.15) is 0 Å². The summed E-state index contributed by atoms with van der Waals surface area (Å²) in [7, 11) is 0. The fourth-order valence-electron chi connectivity index (χ4n) is 3.02. The van der Waals surface area contributed by atoms with E-state index in [2.05, 4.69) is 24.5 Å². The zero-order chi connectivity index (χ0) is 16.1. The fraction of sp³-hybridized carbons (Fsp3) is 0.556. The van der Waals surface area contributed by atoms with Crippen LogP contribution in [-0.4, -0.2) is 17.9 Å². The lowest BCUT2D eigenvalue weighted by Gasteiger charge is -2.17. The van der Waals surface area contributed by atoms with Crippen LogP contribution in [0.4, 0.5) is 5.69 Å². The lowest BCUT2D eigenvalue weighted by atomic mass is 9.98. The van der Waals surface area contributed by atoms with Gasteiger partial charge < -0.3 is 10.6 Å². The fourth-order valence-corrected chi connectivity index (χ4v) is 3.02. The highest BCUT2D eigenvalue weighted by atomic mass is 16.2. The van der Waals surface area contributed by atoms with E-state index in [0.717, 1.165) is 42.5 Å². The average molecular weight is 302 g/mol. The summed E-state index contributed by atoms with van der Waals surface area (Å²) in [5.74, 6) is -0.0988. The third-order valence-electron chi connectivity index (χ3n) is 4.23. The van der Waals surface area contributed by atoms with E-state index in [1.54, 1.807) is 0 Å². The monoisotopic (exact) mass is 302 g/mol. The number of amides is 2. The maximum Gasteiger partial charge on any atom is 0.233 e. The average Bonchev–Trinajstić information content (AvgIpc) is 2.93. The highest BCUT2D eigenvalue weighted by Crippen LogP contribution is 2.27. The van der Waals surface area contributed by atoms with Crippen molar-refractivity contribution < 1.29 is 9.59 Å². The molecule has 1 aliphatic carbocycles. The van der Waals surface area contributed by atoms with Crippen LogP contribution in [0.1, 0.15) is 63.0 Å². The number of anilines is 1. The summed E-state index contributed by atoms with van der Waals surface area (Å²) in [6, 6.07) is 6.24. The van der Waals surface area contributed by atoms with Gasteiger partial charge in [0.2, 0.25) is 11.8 Å². The molecule has 1 saturated carbocycles. The Labute approximate surface area is 132 Å². The van der Waals surface area contributed by atoms with E-state index in [4.69, 9.17) is 0 Å². The molecule has 4 nitrogen and oxygen atoms in total. The van der Waals surface area contributed by atoms with Crippen LogP contribution in [0.15, 0.2) is 18.2 Å². The summed E-state index contributed by atoms with van der Waals surface area (Å²) in [5.41, 5.74) is 2.97. The van der Waals surface area contributed by atoms with Crippen LogP contribution in [-0.2, 0) is 9.59 Å². The number of rotatable bonds is 5. The molecule has 1 fully saturated rings. The smallest absolute Gasteiger partial charge is 0.233 e. The van der Waals surface area contributed by atoms with E-state index < -0.39 is 0 Å². The molecule has 0 saturated heterocycles. The quantitative estimate of drug-likeness (QED) is 0.818. The molecular weight excluding hydrogens is 276 g/mol. The summed E-state index contributed by atoms with van der Waals surface area (Å²) >= 11 is 0. The van der Waals surface area contributed by atoms with Crippen LogP contribution in [0.2, 0.25) is 0 Å². The minimum atomic E-state index is -0.244. The van der Waals surface area contributed by atoms with Gasteiger partial charge >= 0.3 is 0 Å². The second kappa shape index (κ2) is 7.43. The van der Waals surface area contributed by atoms with Gasteiger partial charge in [-0.25, -0.2) is 0 Å². The molecule has 0 unspecified atom stereocenters. The lowest BCUT2D eigenvalue weighted by molar-refractivity contribution is -0.127. The number of aryl methyl sites for hydroxylation is 1. The van der Waals surface area contributed by atoms with Crippen molar-refractivity contribution >= 4 is 17.5 Å². The number of para-hydroxylation sites is 1. The molecule has 0 atom stereocenters. The van der Waals surface area contributed by atoms with E-state index in [1.165, 1.54) is 0 Å². The van der Waals surface area contributed by atoms with Crippen molar-refractivity contribution in [2.75, 3.05) is 5.32 Å². The Kier molecular flexibility index (Phi) is 5.58. The van der Waals surface area contributed by atoms with Crippen molar-refractivity contribution in [3.8, 4) is 0 Å². The van der Waals surface area contributed by atoms with Gasteiger partial charge in [0.1, 0.15) is 6.42 Å². The molecule has 0 aliphatic heterocycles. The minimum Gasteiger partial charge on any atom is -0.353 e. The largest absolute Gasteiger partial charge is 0.353 e. The van der Waals surface area contributed by atoms with E-state index in [-0.39, 0.29) is 24.3 Å². The van der Waals surface area contributed by atoms with Gasteiger partial charge in [-0.15, -0.1) is 0 Å². The van der Waals surface area contributed by atoms with Crippen LogP contribution in [0, 0.1) is 6.92 Å². The molecule has 0 bridgehead atoms. The van der Waals surface area contributed by atoms with Gasteiger partial charge in [0, 0.05) is 11.7 Å². The summed E-state index contributed by atoms with van der Waals surface area (Å²) in [6.45, 7) is 6.16.